The molecule has 1 aromatic carbocycles. The molecule has 0 aromatic heterocycles. The van der Waals surface area contributed by atoms with Crippen LogP contribution >= 0.6 is 11.6 Å². The lowest BCUT2D eigenvalue weighted by atomic mass is 9.86. The minimum absolute atomic E-state index is 0.329. The van der Waals surface area contributed by atoms with Gasteiger partial charge >= 0.3 is 0 Å². The summed E-state index contributed by atoms with van der Waals surface area (Å²) in [7, 11) is 0. The highest BCUT2D eigenvalue weighted by Gasteiger charge is 2.23. The molecule has 0 N–H and O–H groups in total. The third kappa shape index (κ3) is 2.07. The van der Waals surface area contributed by atoms with Crippen LogP contribution in [0.5, 0.6) is 0 Å². The van der Waals surface area contributed by atoms with Gasteiger partial charge in [0.1, 0.15) is 12.1 Å². The average Bonchev–Trinajstić information content (AvgIpc) is 2.09. The van der Waals surface area contributed by atoms with Crippen molar-refractivity contribution in [1.82, 2.24) is 0 Å². The van der Waals surface area contributed by atoms with E-state index in [-0.39, 0.29) is 0 Å². The molecule has 0 aliphatic carbocycles. The molecule has 0 aliphatic rings. The number of carbonyl (C=O) groups is 1. The maximum atomic E-state index is 13.2. The largest absolute Gasteiger partial charge is 0.302 e. The molecule has 0 saturated carbocycles. The van der Waals surface area contributed by atoms with Gasteiger partial charge in [0.05, 0.1) is 0 Å². The van der Waals surface area contributed by atoms with Crippen molar-refractivity contribution in [2.45, 2.75) is 19.3 Å². The summed E-state index contributed by atoms with van der Waals surface area (Å²) in [5.74, 6) is -0.401. The molecule has 0 fully saturated rings. The average molecular weight is 201 g/mol. The Labute approximate surface area is 81.5 Å². The van der Waals surface area contributed by atoms with Crippen molar-refractivity contribution in [3.8, 4) is 0 Å². The van der Waals surface area contributed by atoms with Crippen LogP contribution in [-0.4, -0.2) is 6.29 Å². The van der Waals surface area contributed by atoms with Crippen molar-refractivity contribution in [2.75, 3.05) is 0 Å². The van der Waals surface area contributed by atoms with Crippen LogP contribution < -0.4 is 0 Å². The normalized spacial score (nSPS) is 11.4. The zero-order valence-electron chi connectivity index (χ0n) is 7.47. The Balaban J connectivity index is 3.28. The Hall–Kier alpha value is -0.890. The molecule has 1 nitrogen and oxygen atoms in total. The van der Waals surface area contributed by atoms with Gasteiger partial charge in [-0.05, 0) is 32.0 Å². The van der Waals surface area contributed by atoms with E-state index in [2.05, 4.69) is 0 Å². The van der Waals surface area contributed by atoms with E-state index in [4.69, 9.17) is 11.6 Å². The van der Waals surface area contributed by atoms with Crippen LogP contribution in [0.2, 0.25) is 5.02 Å². The van der Waals surface area contributed by atoms with Gasteiger partial charge < -0.3 is 4.79 Å². The van der Waals surface area contributed by atoms with E-state index in [1.165, 1.54) is 18.2 Å². The monoisotopic (exact) mass is 200 g/mol. The summed E-state index contributed by atoms with van der Waals surface area (Å²) in [5, 5.41) is 0.436. The van der Waals surface area contributed by atoms with E-state index in [9.17, 15) is 9.18 Å². The van der Waals surface area contributed by atoms with Crippen LogP contribution in [0.1, 0.15) is 19.4 Å². The zero-order valence-corrected chi connectivity index (χ0v) is 8.23. The summed E-state index contributed by atoms with van der Waals surface area (Å²) < 4.78 is 13.2. The Kier molecular flexibility index (Phi) is 2.71. The first-order valence-electron chi connectivity index (χ1n) is 3.89. The molecule has 0 atom stereocenters. The van der Waals surface area contributed by atoms with E-state index in [1.807, 2.05) is 0 Å². The fraction of sp³-hybridized carbons (Fsp3) is 0.300. The van der Waals surface area contributed by atoms with Gasteiger partial charge in [-0.15, -0.1) is 0 Å². The van der Waals surface area contributed by atoms with Crippen molar-refractivity contribution < 1.29 is 9.18 Å². The molecule has 0 unspecified atom stereocenters. The van der Waals surface area contributed by atoms with E-state index in [0.717, 1.165) is 0 Å². The van der Waals surface area contributed by atoms with Crippen LogP contribution in [0.25, 0.3) is 0 Å². The molecule has 0 aliphatic heterocycles. The topological polar surface area (TPSA) is 17.1 Å². The predicted octanol–water partition coefficient (Wildman–Crippen LogP) is 2.96. The number of benzene rings is 1. The lowest BCUT2D eigenvalue weighted by Crippen LogP contribution is -2.20. The third-order valence-electron chi connectivity index (χ3n) is 1.92. The third-order valence-corrected chi connectivity index (χ3v) is 2.15. The first-order valence-corrected chi connectivity index (χ1v) is 4.27. The number of aldehydes is 1. The highest BCUT2D eigenvalue weighted by Crippen LogP contribution is 2.26. The minimum Gasteiger partial charge on any atom is -0.302 e. The van der Waals surface area contributed by atoms with Gasteiger partial charge in [-0.1, -0.05) is 11.6 Å². The second kappa shape index (κ2) is 3.46. The number of hydrogen-bond donors (Lipinski definition) is 0. The van der Waals surface area contributed by atoms with Crippen molar-refractivity contribution >= 4 is 17.9 Å². The fourth-order valence-corrected chi connectivity index (χ4v) is 1.23. The summed E-state index contributed by atoms with van der Waals surface area (Å²) in [5.41, 5.74) is -0.496. The molecule has 0 amide bonds. The maximum Gasteiger partial charge on any atom is 0.130 e. The quantitative estimate of drug-likeness (QED) is 0.671. The van der Waals surface area contributed by atoms with Crippen molar-refractivity contribution in [3.05, 3.63) is 34.6 Å². The van der Waals surface area contributed by atoms with E-state index in [0.29, 0.717) is 16.9 Å². The predicted molar refractivity (Wildman–Crippen MR) is 50.5 cm³/mol. The molecule has 0 saturated heterocycles. The molecule has 1 aromatic rings. The van der Waals surface area contributed by atoms with Crippen LogP contribution in [0.3, 0.4) is 0 Å². The summed E-state index contributed by atoms with van der Waals surface area (Å²) in [6, 6.07) is 4.20. The molecule has 13 heavy (non-hydrogen) atoms. The summed E-state index contributed by atoms with van der Waals surface area (Å²) in [4.78, 5) is 10.7. The van der Waals surface area contributed by atoms with Gasteiger partial charge in [0.25, 0.3) is 0 Å². The van der Waals surface area contributed by atoms with Gasteiger partial charge in [-0.3, -0.25) is 0 Å². The smallest absolute Gasteiger partial charge is 0.130 e. The lowest BCUT2D eigenvalue weighted by molar-refractivity contribution is -0.111. The van der Waals surface area contributed by atoms with E-state index >= 15 is 0 Å². The molecule has 3 heteroatoms. The molecule has 0 spiro atoms. The van der Waals surface area contributed by atoms with Crippen LogP contribution in [0.15, 0.2) is 18.2 Å². The Morgan fingerprint density at radius 1 is 1.46 bits per heavy atom. The van der Waals surface area contributed by atoms with Gasteiger partial charge in [0.15, 0.2) is 0 Å². The SMILES string of the molecule is CC(C)(C=O)c1cc(Cl)ccc1F. The second-order valence-corrected chi connectivity index (χ2v) is 3.90. The van der Waals surface area contributed by atoms with E-state index in [1.54, 1.807) is 13.8 Å². The first-order chi connectivity index (χ1) is 5.97. The number of hydrogen-bond acceptors (Lipinski definition) is 1. The maximum absolute atomic E-state index is 13.2. The van der Waals surface area contributed by atoms with Gasteiger partial charge in [0, 0.05) is 16.0 Å². The van der Waals surface area contributed by atoms with Crippen molar-refractivity contribution in [2.24, 2.45) is 0 Å². The summed E-state index contributed by atoms with van der Waals surface area (Å²) in [6.07, 6.45) is 0.710. The minimum atomic E-state index is -0.824. The van der Waals surface area contributed by atoms with E-state index < -0.39 is 11.2 Å². The standard InChI is InChI=1S/C10H10ClFO/c1-10(2,6-13)8-5-7(11)3-4-9(8)12/h3-6H,1-2H3. The van der Waals surface area contributed by atoms with Crippen LogP contribution in [0.4, 0.5) is 4.39 Å². The second-order valence-electron chi connectivity index (χ2n) is 3.46. The highest BCUT2D eigenvalue weighted by molar-refractivity contribution is 6.30. The molecular formula is C10H10ClFO. The number of halogens is 2. The Morgan fingerprint density at radius 2 is 2.08 bits per heavy atom. The summed E-state index contributed by atoms with van der Waals surface area (Å²) >= 11 is 5.70. The lowest BCUT2D eigenvalue weighted by Gasteiger charge is -2.18. The molecule has 1 rings (SSSR count). The van der Waals surface area contributed by atoms with Crippen molar-refractivity contribution in [3.63, 3.8) is 0 Å². The Bertz CT molecular complexity index is 334. The van der Waals surface area contributed by atoms with Crippen LogP contribution in [0, 0.1) is 5.82 Å². The zero-order chi connectivity index (χ0) is 10.1. The molecule has 0 bridgehead atoms. The first kappa shape index (κ1) is 10.2. The molecule has 70 valence electrons. The van der Waals surface area contributed by atoms with Gasteiger partial charge in [0.2, 0.25) is 0 Å². The highest BCUT2D eigenvalue weighted by atomic mass is 35.5. The summed E-state index contributed by atoms with van der Waals surface area (Å²) in [6.45, 7) is 3.30. The molecular weight excluding hydrogens is 191 g/mol. The van der Waals surface area contributed by atoms with Gasteiger partial charge in [-0.25, -0.2) is 4.39 Å². The number of rotatable bonds is 2. The van der Waals surface area contributed by atoms with Crippen molar-refractivity contribution in [1.29, 1.82) is 0 Å². The van der Waals surface area contributed by atoms with Crippen LogP contribution in [-0.2, 0) is 10.2 Å². The fourth-order valence-electron chi connectivity index (χ4n) is 1.05. The Morgan fingerprint density at radius 3 is 2.62 bits per heavy atom. The number of carbonyl (C=O) groups excluding carboxylic acids is 1. The molecule has 0 radical (unpaired) electrons. The van der Waals surface area contributed by atoms with Gasteiger partial charge in [-0.2, -0.15) is 0 Å². The molecule has 0 heterocycles.